The normalized spacial score (nSPS) is 50.6. The molecule has 114 valence electrons. The molecule has 1 saturated heterocycles. The Kier molecular flexibility index (Phi) is 3.64. The zero-order valence-electron chi connectivity index (χ0n) is 12.7. The fraction of sp³-hybridized carbons (Fsp3) is 0.938. The molecule has 0 spiro atoms. The molecule has 0 bridgehead atoms. The average molecular weight is 392 g/mol. The molecule has 2 aliphatic carbocycles. The van der Waals surface area contributed by atoms with Gasteiger partial charge in [-0.15, -0.1) is 0 Å². The number of hydrogen-bond acceptors (Lipinski definition) is 3. The molecular formula is C16H25IO3. The zero-order chi connectivity index (χ0) is 14.6. The molecule has 20 heavy (non-hydrogen) atoms. The van der Waals surface area contributed by atoms with Gasteiger partial charge in [-0.2, -0.15) is 0 Å². The maximum Gasteiger partial charge on any atom is 0.315 e. The molecule has 0 unspecified atom stereocenters. The van der Waals surface area contributed by atoms with Crippen LogP contribution in [-0.4, -0.2) is 29.2 Å². The van der Waals surface area contributed by atoms with Crippen LogP contribution in [0.4, 0.5) is 0 Å². The lowest BCUT2D eigenvalue weighted by Crippen LogP contribution is -2.55. The van der Waals surface area contributed by atoms with Gasteiger partial charge in [-0.1, -0.05) is 36.4 Å². The van der Waals surface area contributed by atoms with E-state index in [-0.39, 0.29) is 23.1 Å². The fourth-order valence-corrected chi connectivity index (χ4v) is 6.71. The Morgan fingerprint density at radius 3 is 2.80 bits per heavy atom. The first kappa shape index (κ1) is 15.1. The maximum absolute atomic E-state index is 12.8. The van der Waals surface area contributed by atoms with Crippen molar-refractivity contribution in [1.82, 2.24) is 0 Å². The van der Waals surface area contributed by atoms with Crippen molar-refractivity contribution in [2.45, 2.75) is 64.1 Å². The molecule has 5 atom stereocenters. The van der Waals surface area contributed by atoms with Crippen LogP contribution in [0.1, 0.15) is 52.4 Å². The number of ether oxygens (including phenoxy) is 2. The Labute approximate surface area is 135 Å². The zero-order valence-corrected chi connectivity index (χ0v) is 14.9. The largest absolute Gasteiger partial charge is 0.468 e. The lowest BCUT2D eigenvalue weighted by Gasteiger charge is -2.47. The van der Waals surface area contributed by atoms with Crippen molar-refractivity contribution >= 4 is 28.6 Å². The van der Waals surface area contributed by atoms with E-state index in [1.54, 1.807) is 0 Å². The standard InChI is InChI=1S/C16H25IO3/c1-11-5-8-16(13(18)19-3)12(9-11)20-15(10-17)7-4-6-14(15,16)2/h11-12H,4-10H2,1-3H3/t11-,12-,14+,15+,16+/m0/s1. The molecule has 0 aromatic rings. The summed E-state index contributed by atoms with van der Waals surface area (Å²) in [6, 6.07) is 0. The molecule has 3 fully saturated rings. The molecular weight excluding hydrogens is 367 g/mol. The van der Waals surface area contributed by atoms with Crippen LogP contribution in [0, 0.1) is 16.7 Å². The van der Waals surface area contributed by atoms with Crippen molar-refractivity contribution in [3.63, 3.8) is 0 Å². The van der Waals surface area contributed by atoms with Crippen LogP contribution in [0.3, 0.4) is 0 Å². The lowest BCUT2D eigenvalue weighted by molar-refractivity contribution is -0.167. The second kappa shape index (κ2) is 4.83. The third kappa shape index (κ3) is 1.58. The minimum atomic E-state index is -0.407. The van der Waals surface area contributed by atoms with Crippen LogP contribution in [-0.2, 0) is 14.3 Å². The summed E-state index contributed by atoms with van der Waals surface area (Å²) < 4.78 is 12.9. The van der Waals surface area contributed by atoms with Crippen LogP contribution < -0.4 is 0 Å². The van der Waals surface area contributed by atoms with E-state index in [4.69, 9.17) is 9.47 Å². The number of fused-ring (bicyclic) bond motifs is 3. The summed E-state index contributed by atoms with van der Waals surface area (Å²) in [7, 11) is 1.54. The molecule has 1 heterocycles. The summed E-state index contributed by atoms with van der Waals surface area (Å²) in [6.07, 6.45) is 6.46. The van der Waals surface area contributed by atoms with Gasteiger partial charge < -0.3 is 9.47 Å². The minimum Gasteiger partial charge on any atom is -0.468 e. The average Bonchev–Trinajstić information content (AvgIpc) is 2.86. The first-order valence-electron chi connectivity index (χ1n) is 7.78. The summed E-state index contributed by atoms with van der Waals surface area (Å²) >= 11 is 2.45. The third-order valence-electron chi connectivity index (χ3n) is 6.58. The van der Waals surface area contributed by atoms with Crippen molar-refractivity contribution in [1.29, 1.82) is 0 Å². The van der Waals surface area contributed by atoms with E-state index in [1.807, 2.05) is 0 Å². The van der Waals surface area contributed by atoms with Gasteiger partial charge in [-0.05, 0) is 44.4 Å². The summed E-state index contributed by atoms with van der Waals surface area (Å²) in [6.45, 7) is 4.57. The summed E-state index contributed by atoms with van der Waals surface area (Å²) in [5.74, 6) is 0.622. The highest BCUT2D eigenvalue weighted by molar-refractivity contribution is 14.1. The number of carbonyl (C=O) groups excluding carboxylic acids is 1. The van der Waals surface area contributed by atoms with E-state index < -0.39 is 5.41 Å². The van der Waals surface area contributed by atoms with Crippen molar-refractivity contribution in [2.24, 2.45) is 16.7 Å². The van der Waals surface area contributed by atoms with Gasteiger partial charge in [0.15, 0.2) is 0 Å². The van der Waals surface area contributed by atoms with Gasteiger partial charge in [-0.3, -0.25) is 4.79 Å². The van der Waals surface area contributed by atoms with Gasteiger partial charge in [0.05, 0.1) is 18.8 Å². The molecule has 0 N–H and O–H groups in total. The molecule has 3 rings (SSSR count). The van der Waals surface area contributed by atoms with E-state index in [9.17, 15) is 4.79 Å². The van der Waals surface area contributed by atoms with Crippen molar-refractivity contribution in [3.8, 4) is 0 Å². The molecule has 0 amide bonds. The van der Waals surface area contributed by atoms with Gasteiger partial charge in [0.25, 0.3) is 0 Å². The highest BCUT2D eigenvalue weighted by Crippen LogP contribution is 2.70. The van der Waals surface area contributed by atoms with Gasteiger partial charge in [0, 0.05) is 9.84 Å². The van der Waals surface area contributed by atoms with E-state index in [1.165, 1.54) is 13.5 Å². The minimum absolute atomic E-state index is 0.0227. The van der Waals surface area contributed by atoms with E-state index >= 15 is 0 Å². The Hall–Kier alpha value is 0.160. The number of carbonyl (C=O) groups is 1. The highest BCUT2D eigenvalue weighted by atomic mass is 127. The summed E-state index contributed by atoms with van der Waals surface area (Å²) in [4.78, 5) is 12.8. The maximum atomic E-state index is 12.8. The first-order valence-corrected chi connectivity index (χ1v) is 9.30. The topological polar surface area (TPSA) is 35.5 Å². The van der Waals surface area contributed by atoms with Crippen LogP contribution in [0.15, 0.2) is 0 Å². The number of halogens is 1. The van der Waals surface area contributed by atoms with Gasteiger partial charge >= 0.3 is 5.97 Å². The second-order valence-electron chi connectivity index (χ2n) is 7.26. The number of hydrogen-bond donors (Lipinski definition) is 0. The SMILES string of the molecule is COC(=O)[C@@]12CC[C@H](C)C[C@@H]1O[C@@]1(CI)CCC[C@]12C. The Morgan fingerprint density at radius 1 is 1.40 bits per heavy atom. The van der Waals surface area contributed by atoms with Crippen LogP contribution in [0.2, 0.25) is 0 Å². The molecule has 3 aliphatic rings. The predicted octanol–water partition coefficient (Wildman–Crippen LogP) is 3.73. The quantitative estimate of drug-likeness (QED) is 0.408. The molecule has 0 radical (unpaired) electrons. The Balaban J connectivity index is 2.11. The van der Waals surface area contributed by atoms with Crippen molar-refractivity contribution in [3.05, 3.63) is 0 Å². The van der Waals surface area contributed by atoms with Gasteiger partial charge in [-0.25, -0.2) is 0 Å². The first-order chi connectivity index (χ1) is 9.46. The molecule has 4 heteroatoms. The highest BCUT2D eigenvalue weighted by Gasteiger charge is 2.75. The third-order valence-corrected chi connectivity index (χ3v) is 7.81. The molecule has 0 aromatic carbocycles. The van der Waals surface area contributed by atoms with Gasteiger partial charge in [0.1, 0.15) is 5.41 Å². The Morgan fingerprint density at radius 2 is 2.15 bits per heavy atom. The summed E-state index contributed by atoms with van der Waals surface area (Å²) in [5, 5.41) is 0. The molecule has 0 aromatic heterocycles. The van der Waals surface area contributed by atoms with Crippen molar-refractivity contribution < 1.29 is 14.3 Å². The number of methoxy groups -OCH3 is 1. The van der Waals surface area contributed by atoms with E-state index in [2.05, 4.69) is 36.4 Å². The van der Waals surface area contributed by atoms with Crippen LogP contribution in [0.5, 0.6) is 0 Å². The van der Waals surface area contributed by atoms with Gasteiger partial charge in [0.2, 0.25) is 0 Å². The van der Waals surface area contributed by atoms with E-state index in [0.717, 1.165) is 36.5 Å². The van der Waals surface area contributed by atoms with Crippen LogP contribution in [0.25, 0.3) is 0 Å². The monoisotopic (exact) mass is 392 g/mol. The molecule has 1 aliphatic heterocycles. The fourth-order valence-electron chi connectivity index (χ4n) is 5.31. The smallest absolute Gasteiger partial charge is 0.315 e. The number of rotatable bonds is 2. The predicted molar refractivity (Wildman–Crippen MR) is 85.9 cm³/mol. The second-order valence-corrected chi connectivity index (χ2v) is 8.03. The number of esters is 1. The molecule has 2 saturated carbocycles. The Bertz CT molecular complexity index is 426. The lowest BCUT2D eigenvalue weighted by atomic mass is 9.53. The number of alkyl halides is 1. The summed E-state index contributed by atoms with van der Waals surface area (Å²) in [5.41, 5.74) is -0.578. The van der Waals surface area contributed by atoms with Crippen LogP contribution >= 0.6 is 22.6 Å². The van der Waals surface area contributed by atoms with E-state index in [0.29, 0.717) is 5.92 Å². The van der Waals surface area contributed by atoms with Crippen molar-refractivity contribution in [2.75, 3.05) is 11.5 Å². The molecule has 3 nitrogen and oxygen atoms in total.